The number of allylic oxidation sites excluding steroid dienone is 8. The van der Waals surface area contributed by atoms with Crippen molar-refractivity contribution in [3.8, 4) is 0 Å². The van der Waals surface area contributed by atoms with Gasteiger partial charge in [0.2, 0.25) is 0 Å². The smallest absolute Gasteiger partial charge is 0.364 e. The van der Waals surface area contributed by atoms with E-state index in [4.69, 9.17) is 9.47 Å². The molecule has 2 aromatic carbocycles. The van der Waals surface area contributed by atoms with E-state index < -0.39 is 34.5 Å². The van der Waals surface area contributed by atoms with Gasteiger partial charge in [-0.05, 0) is 52.9 Å². The molecule has 0 saturated carbocycles. The van der Waals surface area contributed by atoms with Crippen LogP contribution >= 0.6 is 0 Å². The van der Waals surface area contributed by atoms with Crippen LogP contribution < -0.4 is 9.80 Å². The van der Waals surface area contributed by atoms with Gasteiger partial charge in [0.05, 0.1) is 12.1 Å². The molecule has 0 spiro atoms. The van der Waals surface area contributed by atoms with Crippen molar-refractivity contribution in [1.29, 1.82) is 0 Å². The van der Waals surface area contributed by atoms with Crippen molar-refractivity contribution < 1.29 is 58.3 Å². The van der Waals surface area contributed by atoms with E-state index in [1.165, 1.54) is 21.9 Å². The molecule has 2 saturated heterocycles. The monoisotopic (exact) mass is 686 g/mol. The van der Waals surface area contributed by atoms with E-state index in [0.717, 1.165) is 25.0 Å². The number of carbonyl (C=O) groups excluding carboxylic acids is 2. The minimum atomic E-state index is -0.935. The van der Waals surface area contributed by atoms with Crippen LogP contribution in [0.1, 0.15) is 54.4 Å². The van der Waals surface area contributed by atoms with Crippen LogP contribution in [0, 0.1) is 47.6 Å². The first-order valence-electron chi connectivity index (χ1n) is 15.0. The number of hydrogen-bond acceptors (Lipinski definition) is 4. The van der Waals surface area contributed by atoms with E-state index in [1.807, 2.05) is 36.4 Å². The Morgan fingerprint density at radius 3 is 1.30 bits per heavy atom. The van der Waals surface area contributed by atoms with E-state index in [-0.39, 0.29) is 57.0 Å². The van der Waals surface area contributed by atoms with Gasteiger partial charge in [0.1, 0.15) is 0 Å². The molecule has 0 radical (unpaired) electrons. The summed E-state index contributed by atoms with van der Waals surface area (Å²) >= 11 is 0. The molecule has 6 rings (SSSR count). The first-order valence-corrected chi connectivity index (χ1v) is 15.0. The van der Waals surface area contributed by atoms with Crippen molar-refractivity contribution in [3.05, 3.63) is 108 Å². The fourth-order valence-electron chi connectivity index (χ4n) is 5.07. The SMILES string of the molecule is CCOC1(C)C(=O)N(c2ccc(F)[c-]c2F)C1C.CCOC1(C)C(=O)N(c2ccc(F)[c-]c2F)C1C.[C-]1=CC=CC1.[C-]1=CC=CC1.[Ti+4]. The zero-order chi connectivity index (χ0) is 34.1. The van der Waals surface area contributed by atoms with Crippen LogP contribution in [-0.2, 0) is 40.8 Å². The molecular formula is C36H38F4N2O4Ti. The molecule has 2 heterocycles. The number of anilines is 2. The summed E-state index contributed by atoms with van der Waals surface area (Å²) < 4.78 is 63.5. The third-order valence-electron chi connectivity index (χ3n) is 7.92. The Hall–Kier alpha value is -3.31. The normalized spacial score (nSPS) is 24.6. The van der Waals surface area contributed by atoms with E-state index in [9.17, 15) is 27.2 Å². The summed E-state index contributed by atoms with van der Waals surface area (Å²) in [6.45, 7) is 11.3. The molecule has 248 valence electrons. The molecule has 4 aliphatic rings. The van der Waals surface area contributed by atoms with E-state index in [1.54, 1.807) is 41.5 Å². The second-order valence-electron chi connectivity index (χ2n) is 10.8. The summed E-state index contributed by atoms with van der Waals surface area (Å²) in [5, 5.41) is 0. The van der Waals surface area contributed by atoms with Gasteiger partial charge in [0.25, 0.3) is 11.8 Å². The number of nitrogens with zero attached hydrogens (tertiary/aromatic N) is 2. The van der Waals surface area contributed by atoms with Crippen LogP contribution in [0.3, 0.4) is 0 Å². The van der Waals surface area contributed by atoms with Gasteiger partial charge >= 0.3 is 21.7 Å². The van der Waals surface area contributed by atoms with E-state index >= 15 is 0 Å². The number of ether oxygens (including phenoxy) is 2. The molecule has 47 heavy (non-hydrogen) atoms. The van der Waals surface area contributed by atoms with Gasteiger partial charge in [-0.1, -0.05) is 0 Å². The first kappa shape index (κ1) is 39.9. The van der Waals surface area contributed by atoms with Gasteiger partial charge in [0, 0.05) is 36.5 Å². The number of β-lactam (4-membered cyclic amide) rings is 2. The van der Waals surface area contributed by atoms with Gasteiger partial charge in [-0.25, -0.2) is 41.9 Å². The van der Waals surface area contributed by atoms with Crippen molar-refractivity contribution in [2.45, 2.75) is 77.7 Å². The molecular weight excluding hydrogens is 648 g/mol. The van der Waals surface area contributed by atoms with Crippen molar-refractivity contribution in [2.75, 3.05) is 23.0 Å². The quantitative estimate of drug-likeness (QED) is 0.140. The van der Waals surface area contributed by atoms with Crippen LogP contribution in [0.4, 0.5) is 28.9 Å². The van der Waals surface area contributed by atoms with E-state index in [0.29, 0.717) is 13.2 Å². The molecule has 4 atom stereocenters. The Labute approximate surface area is 289 Å². The zero-order valence-corrected chi connectivity index (χ0v) is 28.9. The number of halogens is 4. The Morgan fingerprint density at radius 1 is 0.723 bits per heavy atom. The van der Waals surface area contributed by atoms with Gasteiger partial charge in [-0.2, -0.15) is 12.2 Å². The average molecular weight is 687 g/mol. The number of rotatable bonds is 6. The number of amides is 2. The second kappa shape index (κ2) is 17.7. The van der Waals surface area contributed by atoms with Gasteiger partial charge in [0.15, 0.2) is 11.2 Å². The maximum absolute atomic E-state index is 13.6. The predicted molar refractivity (Wildman–Crippen MR) is 167 cm³/mol. The standard InChI is InChI=1S/2C13H14F2NO2.2C5H5.Ti/c2*1-4-18-13(3)8(2)16(12(13)17)11-6-5-9(14)7-10(11)15;2*1-2-4-5-3-1;/h2*5-6,8H,4H2,1-3H3;2*1-3H,4H2;/q4*-1;+4. The van der Waals surface area contributed by atoms with Gasteiger partial charge in [-0.15, -0.1) is 49.2 Å². The van der Waals surface area contributed by atoms with Crippen LogP contribution in [0.2, 0.25) is 0 Å². The molecule has 2 aliphatic heterocycles. The predicted octanol–water partition coefficient (Wildman–Crippen LogP) is 7.20. The van der Waals surface area contributed by atoms with Crippen molar-refractivity contribution >= 4 is 23.2 Å². The fraction of sp³-hybridized carbons (Fsp3) is 0.389. The largest absolute Gasteiger partial charge is 4.00 e. The molecule has 6 nitrogen and oxygen atoms in total. The Balaban J connectivity index is 0.000000248. The third kappa shape index (κ3) is 8.99. The minimum Gasteiger partial charge on any atom is -0.364 e. The maximum atomic E-state index is 13.6. The third-order valence-corrected chi connectivity index (χ3v) is 7.92. The molecule has 2 aliphatic carbocycles. The Morgan fingerprint density at radius 2 is 1.09 bits per heavy atom. The van der Waals surface area contributed by atoms with Crippen LogP contribution in [-0.4, -0.2) is 48.3 Å². The van der Waals surface area contributed by atoms with E-state index in [2.05, 4.69) is 24.3 Å². The molecule has 0 N–H and O–H groups in total. The number of carbonyl (C=O) groups is 2. The Bertz CT molecular complexity index is 1380. The summed E-state index contributed by atoms with van der Waals surface area (Å²) in [6, 6.07) is 7.86. The van der Waals surface area contributed by atoms with Gasteiger partial charge in [-0.3, -0.25) is 21.7 Å². The summed E-state index contributed by atoms with van der Waals surface area (Å²) in [5.74, 6) is -3.96. The maximum Gasteiger partial charge on any atom is 4.00 e. The van der Waals surface area contributed by atoms with Crippen LogP contribution in [0.15, 0.2) is 60.7 Å². The topological polar surface area (TPSA) is 59.1 Å². The summed E-state index contributed by atoms with van der Waals surface area (Å²) in [6.07, 6.45) is 20.0. The van der Waals surface area contributed by atoms with Crippen LogP contribution in [0.25, 0.3) is 0 Å². The van der Waals surface area contributed by atoms with Crippen molar-refractivity contribution in [2.24, 2.45) is 0 Å². The second-order valence-corrected chi connectivity index (χ2v) is 10.8. The number of hydrogen-bond donors (Lipinski definition) is 0. The van der Waals surface area contributed by atoms with Crippen LogP contribution in [0.5, 0.6) is 0 Å². The van der Waals surface area contributed by atoms with Crippen molar-refractivity contribution in [3.63, 3.8) is 0 Å². The molecule has 2 fully saturated rings. The molecule has 0 aromatic heterocycles. The zero-order valence-electron chi connectivity index (χ0n) is 27.3. The fourth-order valence-corrected chi connectivity index (χ4v) is 5.07. The summed E-state index contributed by atoms with van der Waals surface area (Å²) in [4.78, 5) is 26.6. The number of benzene rings is 2. The minimum absolute atomic E-state index is 0. The molecule has 0 bridgehead atoms. The molecule has 2 amide bonds. The summed E-state index contributed by atoms with van der Waals surface area (Å²) in [7, 11) is 0. The average Bonchev–Trinajstić information content (AvgIpc) is 3.80. The Kier molecular flexibility index (Phi) is 15.0. The molecule has 11 heteroatoms. The molecule has 4 unspecified atom stereocenters. The van der Waals surface area contributed by atoms with Gasteiger partial charge < -0.3 is 19.3 Å². The first-order chi connectivity index (χ1) is 21.8. The molecule has 2 aromatic rings. The summed E-state index contributed by atoms with van der Waals surface area (Å²) in [5.41, 5.74) is -1.80. The van der Waals surface area contributed by atoms with Crippen molar-refractivity contribution in [1.82, 2.24) is 0 Å².